The maximum absolute atomic E-state index is 15.2. The Hall–Kier alpha value is -2.51. The first-order chi connectivity index (χ1) is 12.6. The van der Waals surface area contributed by atoms with E-state index in [1.807, 2.05) is 91.9 Å². The molecular weight excluding hydrogens is 346 g/mol. The first-order valence-corrected chi connectivity index (χ1v) is 10.1. The molecule has 0 aromatic heterocycles. The maximum Gasteiger partial charge on any atom is 0.290 e. The Morgan fingerprint density at radius 3 is 1.81 bits per heavy atom. The molecule has 1 atom stereocenters. The van der Waals surface area contributed by atoms with Crippen LogP contribution in [0.2, 0.25) is 0 Å². The summed E-state index contributed by atoms with van der Waals surface area (Å²) in [6.07, 6.45) is 7.72. The third-order valence-corrected chi connectivity index (χ3v) is 8.38. The van der Waals surface area contributed by atoms with Crippen molar-refractivity contribution in [1.82, 2.24) is 0 Å². The van der Waals surface area contributed by atoms with Gasteiger partial charge in [-0.2, -0.15) is 0 Å². The lowest BCUT2D eigenvalue weighted by atomic mass is 10.4. The second-order valence-electron chi connectivity index (χ2n) is 5.39. The summed E-state index contributed by atoms with van der Waals surface area (Å²) in [5.74, 6) is -0.998. The van der Waals surface area contributed by atoms with Gasteiger partial charge in [0.1, 0.15) is 23.2 Å². The molecule has 2 rings (SSSR count). The largest absolute Gasteiger partial charge is 0.483 e. The Kier molecular flexibility index (Phi) is 9.25. The fourth-order valence-corrected chi connectivity index (χ4v) is 6.94. The topological polar surface area (TPSA) is 37.3 Å². The zero-order valence-electron chi connectivity index (χ0n) is 15.1. The smallest absolute Gasteiger partial charge is 0.290 e. The van der Waals surface area contributed by atoms with Crippen molar-refractivity contribution in [2.75, 3.05) is 0 Å². The summed E-state index contributed by atoms with van der Waals surface area (Å²) in [5.41, 5.74) is 0. The Morgan fingerprint density at radius 2 is 1.50 bits per heavy atom. The van der Waals surface area contributed by atoms with Gasteiger partial charge < -0.3 is 5.11 Å². The van der Waals surface area contributed by atoms with Crippen LogP contribution in [0.1, 0.15) is 13.8 Å². The van der Waals surface area contributed by atoms with E-state index in [0.717, 1.165) is 15.9 Å². The zero-order chi connectivity index (χ0) is 19.4. The van der Waals surface area contributed by atoms with Crippen molar-refractivity contribution in [2.45, 2.75) is 19.8 Å². The monoisotopic (exact) mass is 371 g/mol. The van der Waals surface area contributed by atoms with Crippen molar-refractivity contribution in [3.63, 3.8) is 0 Å². The summed E-state index contributed by atoms with van der Waals surface area (Å²) in [5, 5.41) is 9.93. The summed E-state index contributed by atoms with van der Waals surface area (Å²) >= 11 is 0. The number of carboxylic acid groups (broad SMARTS) is 1. The molecule has 2 aromatic carbocycles. The summed E-state index contributed by atoms with van der Waals surface area (Å²) < 4.78 is 15.2. The molecule has 0 aliphatic carbocycles. The predicted octanol–water partition coefficient (Wildman–Crippen LogP) is 5.32. The molecule has 0 aliphatic heterocycles. The summed E-state index contributed by atoms with van der Waals surface area (Å²) in [6, 6.07) is 20.0. The summed E-state index contributed by atoms with van der Waals surface area (Å²) in [4.78, 5) is 8.36. The standard InChI is InChI=1S/C21H23FP.CH2O2/c1-4-6-13-19(5-2)23(18(3)22,20-14-9-7-10-15-20)21-16-11-8-12-17-21;2-1-3/h4-18H,2H2,1,3H3;1H,(H,2,3)/q+1;/b6-4-,19-13+;. The molecule has 1 unspecified atom stereocenters. The summed E-state index contributed by atoms with van der Waals surface area (Å²) in [7, 11) is -2.39. The van der Waals surface area contributed by atoms with Gasteiger partial charge in [-0.15, -0.1) is 0 Å². The fraction of sp³-hybridized carbons (Fsp3) is 0.136. The highest BCUT2D eigenvalue weighted by atomic mass is 31.2. The second-order valence-corrected chi connectivity index (χ2v) is 9.10. The number of hydrogen-bond acceptors (Lipinski definition) is 1. The van der Waals surface area contributed by atoms with Crippen LogP contribution in [0.15, 0.2) is 96.9 Å². The molecule has 26 heavy (non-hydrogen) atoms. The number of hydrogen-bond donors (Lipinski definition) is 1. The highest BCUT2D eigenvalue weighted by molar-refractivity contribution is 7.93. The average molecular weight is 371 g/mol. The van der Waals surface area contributed by atoms with Gasteiger partial charge in [-0.3, -0.25) is 4.79 Å². The molecule has 2 aromatic rings. The normalized spacial score (nSPS) is 12.8. The minimum Gasteiger partial charge on any atom is -0.483 e. The molecule has 2 nitrogen and oxygen atoms in total. The molecule has 4 heteroatoms. The van der Waals surface area contributed by atoms with Crippen molar-refractivity contribution < 1.29 is 14.3 Å². The Balaban J connectivity index is 0.00000105. The van der Waals surface area contributed by atoms with Crippen molar-refractivity contribution in [3.05, 3.63) is 96.9 Å². The molecule has 0 spiro atoms. The lowest BCUT2D eigenvalue weighted by Gasteiger charge is -2.29. The number of allylic oxidation sites excluding steroid dienone is 5. The van der Waals surface area contributed by atoms with Gasteiger partial charge in [0.15, 0.2) is 0 Å². The van der Waals surface area contributed by atoms with Gasteiger partial charge in [-0.05, 0) is 43.3 Å². The van der Waals surface area contributed by atoms with Crippen LogP contribution in [-0.2, 0) is 4.79 Å². The van der Waals surface area contributed by atoms with Crippen LogP contribution in [0.3, 0.4) is 0 Å². The van der Waals surface area contributed by atoms with Crippen LogP contribution in [0.4, 0.5) is 4.39 Å². The molecule has 0 fully saturated rings. The molecule has 0 bridgehead atoms. The molecule has 0 amide bonds. The average Bonchev–Trinajstić information content (AvgIpc) is 2.67. The quantitative estimate of drug-likeness (QED) is 0.424. The van der Waals surface area contributed by atoms with E-state index in [9.17, 15) is 0 Å². The van der Waals surface area contributed by atoms with Gasteiger partial charge in [0, 0.05) is 6.92 Å². The van der Waals surface area contributed by atoms with Crippen LogP contribution in [0.25, 0.3) is 0 Å². The van der Waals surface area contributed by atoms with E-state index < -0.39 is 13.2 Å². The van der Waals surface area contributed by atoms with Gasteiger partial charge in [0.05, 0.1) is 0 Å². The molecular formula is C22H25FO2P+. The predicted molar refractivity (Wildman–Crippen MR) is 111 cm³/mol. The molecule has 136 valence electrons. The third kappa shape index (κ3) is 4.77. The molecule has 0 radical (unpaired) electrons. The highest BCUT2D eigenvalue weighted by Crippen LogP contribution is 2.67. The van der Waals surface area contributed by atoms with Crippen molar-refractivity contribution in [2.24, 2.45) is 0 Å². The SMILES string of the molecule is C=C/C(=C\C=C/C)[P+](c1ccccc1)(c1ccccc1)C(C)F.O=CO. The van der Waals surface area contributed by atoms with E-state index in [1.165, 1.54) is 0 Å². The van der Waals surface area contributed by atoms with E-state index in [-0.39, 0.29) is 6.47 Å². The second kappa shape index (κ2) is 11.2. The number of rotatable bonds is 6. The van der Waals surface area contributed by atoms with Crippen LogP contribution in [0, 0.1) is 0 Å². The minimum atomic E-state index is -2.39. The van der Waals surface area contributed by atoms with Gasteiger partial charge >= 0.3 is 0 Å². The summed E-state index contributed by atoms with van der Waals surface area (Å²) in [6.45, 7) is 7.35. The first-order valence-electron chi connectivity index (χ1n) is 8.27. The first kappa shape index (κ1) is 21.5. The van der Waals surface area contributed by atoms with E-state index in [1.54, 1.807) is 6.92 Å². The fourth-order valence-electron chi connectivity index (χ4n) is 2.91. The van der Waals surface area contributed by atoms with Crippen LogP contribution >= 0.6 is 7.26 Å². The van der Waals surface area contributed by atoms with Gasteiger partial charge in [-0.25, -0.2) is 4.39 Å². The van der Waals surface area contributed by atoms with Crippen molar-refractivity contribution in [3.8, 4) is 0 Å². The van der Waals surface area contributed by atoms with Gasteiger partial charge in [-0.1, -0.05) is 55.1 Å². The van der Waals surface area contributed by atoms with Crippen molar-refractivity contribution >= 4 is 24.3 Å². The van der Waals surface area contributed by atoms with Crippen LogP contribution in [-0.4, -0.2) is 17.5 Å². The number of benzene rings is 2. The van der Waals surface area contributed by atoms with Crippen LogP contribution in [0.5, 0.6) is 0 Å². The molecule has 0 saturated carbocycles. The number of carbonyl (C=O) groups is 1. The Morgan fingerprint density at radius 1 is 1.08 bits per heavy atom. The molecule has 0 heterocycles. The van der Waals surface area contributed by atoms with Gasteiger partial charge in [0.2, 0.25) is 5.91 Å². The van der Waals surface area contributed by atoms with E-state index in [4.69, 9.17) is 9.90 Å². The minimum absolute atomic E-state index is 0.250. The van der Waals surface area contributed by atoms with E-state index >= 15 is 4.39 Å². The molecule has 1 N–H and O–H groups in total. The number of halogens is 1. The lowest BCUT2D eigenvalue weighted by molar-refractivity contribution is -0.122. The molecule has 0 saturated heterocycles. The Bertz CT molecular complexity index is 698. The lowest BCUT2D eigenvalue weighted by Crippen LogP contribution is -2.29. The van der Waals surface area contributed by atoms with E-state index in [0.29, 0.717) is 0 Å². The van der Waals surface area contributed by atoms with Crippen molar-refractivity contribution in [1.29, 1.82) is 0 Å². The third-order valence-electron chi connectivity index (χ3n) is 3.94. The van der Waals surface area contributed by atoms with Gasteiger partial charge in [0.25, 0.3) is 6.47 Å². The highest BCUT2D eigenvalue weighted by Gasteiger charge is 2.51. The molecule has 0 aliphatic rings. The maximum atomic E-state index is 15.2. The van der Waals surface area contributed by atoms with E-state index in [2.05, 4.69) is 6.58 Å². The zero-order valence-corrected chi connectivity index (χ0v) is 16.0. The van der Waals surface area contributed by atoms with Crippen LogP contribution < -0.4 is 10.6 Å². The Labute approximate surface area is 155 Å². The number of alkyl halides is 1.